The molecule has 6 nitrogen and oxygen atoms in total. The van der Waals surface area contributed by atoms with Crippen molar-refractivity contribution in [2.24, 2.45) is 0 Å². The van der Waals surface area contributed by atoms with Gasteiger partial charge in [-0.2, -0.15) is 5.10 Å². The second-order valence-electron chi connectivity index (χ2n) is 7.09. The molecule has 0 saturated carbocycles. The van der Waals surface area contributed by atoms with Gasteiger partial charge in [-0.05, 0) is 29.8 Å². The Hall–Kier alpha value is -4.19. The van der Waals surface area contributed by atoms with Crippen molar-refractivity contribution in [3.8, 4) is 16.9 Å². The molecule has 3 aromatic carbocycles. The van der Waals surface area contributed by atoms with Crippen LogP contribution in [0.1, 0.15) is 22.8 Å². The number of amides is 2. The van der Waals surface area contributed by atoms with Gasteiger partial charge >= 0.3 is 0 Å². The third-order valence-electron chi connectivity index (χ3n) is 4.78. The molecule has 1 aromatic heterocycles. The van der Waals surface area contributed by atoms with E-state index >= 15 is 0 Å². The van der Waals surface area contributed by atoms with Crippen molar-refractivity contribution in [1.29, 1.82) is 0 Å². The van der Waals surface area contributed by atoms with Crippen LogP contribution < -0.4 is 10.6 Å². The van der Waals surface area contributed by atoms with Gasteiger partial charge in [0.1, 0.15) is 5.82 Å². The van der Waals surface area contributed by atoms with Crippen LogP contribution in [0.2, 0.25) is 0 Å². The Morgan fingerprint density at radius 2 is 1.52 bits per heavy atom. The maximum atomic E-state index is 12.9. The lowest BCUT2D eigenvalue weighted by molar-refractivity contribution is -0.119. The molecule has 154 valence electrons. The first-order chi connectivity index (χ1) is 15.1. The number of nitrogens with zero attached hydrogens (tertiary/aromatic N) is 2. The van der Waals surface area contributed by atoms with Gasteiger partial charge in [0, 0.05) is 30.7 Å². The molecule has 0 atom stereocenters. The minimum absolute atomic E-state index is 0.0924. The Labute approximate surface area is 180 Å². The molecule has 31 heavy (non-hydrogen) atoms. The van der Waals surface area contributed by atoms with Gasteiger partial charge in [-0.1, -0.05) is 60.7 Å². The van der Waals surface area contributed by atoms with E-state index in [-0.39, 0.29) is 11.8 Å². The summed E-state index contributed by atoms with van der Waals surface area (Å²) in [5.74, 6) is 0.255. The number of carbonyl (C=O) groups excluding carboxylic acids is 2. The molecule has 0 saturated heterocycles. The largest absolute Gasteiger partial charge is 0.352 e. The standard InChI is InChI=1S/C25H22N4O2/c1-18(30)26-17-19-12-14-21(15-13-19)25(31)27-24-16-23(20-8-4-2-5-9-20)28-29(24)22-10-6-3-7-11-22/h2-16H,17H2,1H3,(H,26,30)(H,27,31). The zero-order valence-corrected chi connectivity index (χ0v) is 17.1. The number of aromatic nitrogens is 2. The number of para-hydroxylation sites is 1. The predicted octanol–water partition coefficient (Wildman–Crippen LogP) is 4.43. The number of carbonyl (C=O) groups is 2. The minimum Gasteiger partial charge on any atom is -0.352 e. The fraction of sp³-hybridized carbons (Fsp3) is 0.0800. The average Bonchev–Trinajstić information content (AvgIpc) is 3.23. The lowest BCUT2D eigenvalue weighted by atomic mass is 10.1. The van der Waals surface area contributed by atoms with Crippen LogP contribution in [0, 0.1) is 0 Å². The van der Waals surface area contributed by atoms with Crippen LogP contribution in [-0.2, 0) is 11.3 Å². The Morgan fingerprint density at radius 3 is 2.16 bits per heavy atom. The van der Waals surface area contributed by atoms with Crippen molar-refractivity contribution >= 4 is 17.6 Å². The maximum absolute atomic E-state index is 12.9. The highest BCUT2D eigenvalue weighted by Gasteiger charge is 2.15. The van der Waals surface area contributed by atoms with E-state index < -0.39 is 0 Å². The summed E-state index contributed by atoms with van der Waals surface area (Å²) >= 11 is 0. The summed E-state index contributed by atoms with van der Waals surface area (Å²) in [5.41, 5.74) is 4.03. The number of nitrogens with one attached hydrogen (secondary N) is 2. The van der Waals surface area contributed by atoms with E-state index in [4.69, 9.17) is 5.10 Å². The van der Waals surface area contributed by atoms with Crippen LogP contribution in [0.15, 0.2) is 91.0 Å². The van der Waals surface area contributed by atoms with Gasteiger partial charge in [0.25, 0.3) is 5.91 Å². The Balaban J connectivity index is 1.60. The number of hydrogen-bond acceptors (Lipinski definition) is 3. The molecule has 0 spiro atoms. The van der Waals surface area contributed by atoms with Crippen LogP contribution >= 0.6 is 0 Å². The highest BCUT2D eigenvalue weighted by Crippen LogP contribution is 2.25. The molecule has 0 aliphatic rings. The molecule has 1 heterocycles. The van der Waals surface area contributed by atoms with Crippen molar-refractivity contribution < 1.29 is 9.59 Å². The van der Waals surface area contributed by atoms with E-state index in [1.807, 2.05) is 78.9 Å². The van der Waals surface area contributed by atoms with Crippen LogP contribution in [0.4, 0.5) is 5.82 Å². The molecule has 0 radical (unpaired) electrons. The molecule has 4 rings (SSSR count). The first-order valence-corrected chi connectivity index (χ1v) is 9.96. The highest BCUT2D eigenvalue weighted by atomic mass is 16.2. The van der Waals surface area contributed by atoms with E-state index in [1.54, 1.807) is 16.8 Å². The Morgan fingerprint density at radius 1 is 0.871 bits per heavy atom. The molecule has 0 fully saturated rings. The molecule has 2 amide bonds. The SMILES string of the molecule is CC(=O)NCc1ccc(C(=O)Nc2cc(-c3ccccc3)nn2-c2ccccc2)cc1. The summed E-state index contributed by atoms with van der Waals surface area (Å²) in [6.07, 6.45) is 0. The number of anilines is 1. The van der Waals surface area contributed by atoms with E-state index in [9.17, 15) is 9.59 Å². The van der Waals surface area contributed by atoms with Gasteiger partial charge in [-0.3, -0.25) is 9.59 Å². The first-order valence-electron chi connectivity index (χ1n) is 9.96. The fourth-order valence-corrected chi connectivity index (χ4v) is 3.18. The molecule has 0 aliphatic carbocycles. The van der Waals surface area contributed by atoms with Crippen molar-refractivity contribution in [2.45, 2.75) is 13.5 Å². The van der Waals surface area contributed by atoms with Gasteiger partial charge in [-0.15, -0.1) is 0 Å². The van der Waals surface area contributed by atoms with E-state index in [0.29, 0.717) is 17.9 Å². The molecule has 0 aliphatic heterocycles. The van der Waals surface area contributed by atoms with Crippen molar-refractivity contribution in [3.63, 3.8) is 0 Å². The number of rotatable bonds is 6. The third-order valence-corrected chi connectivity index (χ3v) is 4.78. The average molecular weight is 410 g/mol. The Bertz CT molecular complexity index is 1180. The van der Waals surface area contributed by atoms with Gasteiger partial charge < -0.3 is 10.6 Å². The van der Waals surface area contributed by atoms with Crippen LogP contribution in [0.3, 0.4) is 0 Å². The van der Waals surface area contributed by atoms with Gasteiger partial charge in [0.2, 0.25) is 5.91 Å². The fourth-order valence-electron chi connectivity index (χ4n) is 3.18. The van der Waals surface area contributed by atoms with Gasteiger partial charge in [0.05, 0.1) is 11.4 Å². The second-order valence-corrected chi connectivity index (χ2v) is 7.09. The maximum Gasteiger partial charge on any atom is 0.256 e. The lowest BCUT2D eigenvalue weighted by Gasteiger charge is -2.09. The molecule has 4 aromatic rings. The quantitative estimate of drug-likeness (QED) is 0.494. The summed E-state index contributed by atoms with van der Waals surface area (Å²) in [4.78, 5) is 24.0. The normalized spacial score (nSPS) is 10.5. The molecular weight excluding hydrogens is 388 g/mol. The minimum atomic E-state index is -0.234. The molecule has 0 bridgehead atoms. The molecular formula is C25H22N4O2. The van der Waals surface area contributed by atoms with E-state index in [0.717, 1.165) is 22.5 Å². The summed E-state index contributed by atoms with van der Waals surface area (Å²) < 4.78 is 1.73. The van der Waals surface area contributed by atoms with Crippen molar-refractivity contribution in [3.05, 3.63) is 102 Å². The van der Waals surface area contributed by atoms with Crippen LogP contribution in [0.25, 0.3) is 16.9 Å². The van der Waals surface area contributed by atoms with Crippen molar-refractivity contribution in [1.82, 2.24) is 15.1 Å². The monoisotopic (exact) mass is 410 g/mol. The predicted molar refractivity (Wildman–Crippen MR) is 121 cm³/mol. The van der Waals surface area contributed by atoms with Gasteiger partial charge in [0.15, 0.2) is 0 Å². The first kappa shape index (κ1) is 20.1. The second kappa shape index (κ2) is 9.09. The van der Waals surface area contributed by atoms with Gasteiger partial charge in [-0.25, -0.2) is 4.68 Å². The number of hydrogen-bond donors (Lipinski definition) is 2. The summed E-state index contributed by atoms with van der Waals surface area (Å²) in [7, 11) is 0. The summed E-state index contributed by atoms with van der Waals surface area (Å²) in [6.45, 7) is 1.90. The van der Waals surface area contributed by atoms with E-state index in [2.05, 4.69) is 10.6 Å². The topological polar surface area (TPSA) is 76.0 Å². The third kappa shape index (κ3) is 4.87. The molecule has 0 unspecified atom stereocenters. The molecule has 2 N–H and O–H groups in total. The van der Waals surface area contributed by atoms with Crippen molar-refractivity contribution in [2.75, 3.05) is 5.32 Å². The lowest BCUT2D eigenvalue weighted by Crippen LogP contribution is -2.19. The van der Waals surface area contributed by atoms with E-state index in [1.165, 1.54) is 6.92 Å². The zero-order valence-electron chi connectivity index (χ0n) is 17.1. The Kier molecular flexibility index (Phi) is 5.89. The number of benzene rings is 3. The van der Waals surface area contributed by atoms with Crippen LogP contribution in [0.5, 0.6) is 0 Å². The molecule has 6 heteroatoms. The highest BCUT2D eigenvalue weighted by molar-refractivity contribution is 6.04. The van der Waals surface area contributed by atoms with Crippen LogP contribution in [-0.4, -0.2) is 21.6 Å². The smallest absolute Gasteiger partial charge is 0.256 e. The summed E-state index contributed by atoms with van der Waals surface area (Å²) in [5, 5.41) is 10.4. The summed E-state index contributed by atoms with van der Waals surface area (Å²) in [6, 6.07) is 28.5. The zero-order chi connectivity index (χ0) is 21.6.